The summed E-state index contributed by atoms with van der Waals surface area (Å²) in [7, 11) is 0. The molecule has 0 radical (unpaired) electrons. The van der Waals surface area contributed by atoms with Crippen molar-refractivity contribution >= 4 is 28.6 Å². The topological polar surface area (TPSA) is 55.8 Å². The van der Waals surface area contributed by atoms with Crippen LogP contribution >= 0.6 is 22.6 Å². The highest BCUT2D eigenvalue weighted by Gasteiger charge is 2.52. The summed E-state index contributed by atoms with van der Waals surface area (Å²) in [6, 6.07) is 9.89. The fourth-order valence-electron chi connectivity index (χ4n) is 2.51. The van der Waals surface area contributed by atoms with Gasteiger partial charge in [-0.05, 0) is 5.56 Å². The van der Waals surface area contributed by atoms with Gasteiger partial charge in [-0.3, -0.25) is 4.79 Å². The van der Waals surface area contributed by atoms with Crippen molar-refractivity contribution in [2.45, 2.75) is 34.8 Å². The third-order valence-corrected chi connectivity index (χ3v) is 4.84. The maximum Gasteiger partial charge on any atom is 0.309 e. The van der Waals surface area contributed by atoms with Crippen molar-refractivity contribution in [1.82, 2.24) is 0 Å². The van der Waals surface area contributed by atoms with Crippen LogP contribution in [0, 0.1) is 0 Å². The predicted octanol–water partition coefficient (Wildman–Crippen LogP) is 1.61. The number of carbonyl (C=O) groups excluding carboxylic acids is 1. The normalized spacial score (nSPS) is 36.2. The molecule has 0 bridgehead atoms. The van der Waals surface area contributed by atoms with Crippen molar-refractivity contribution in [1.29, 1.82) is 0 Å². The van der Waals surface area contributed by atoms with Gasteiger partial charge in [-0.1, -0.05) is 52.9 Å². The Morgan fingerprint density at radius 1 is 1.33 bits per heavy atom. The van der Waals surface area contributed by atoms with Gasteiger partial charge in [0.15, 0.2) is 6.10 Å². The molecule has 2 saturated heterocycles. The smallest absolute Gasteiger partial charge is 0.309 e. The van der Waals surface area contributed by atoms with Crippen LogP contribution in [0.1, 0.15) is 15.9 Å². The average molecular weight is 360 g/mol. The van der Waals surface area contributed by atoms with E-state index in [1.54, 1.807) is 0 Å². The molecular weight excluding hydrogens is 347 g/mol. The summed E-state index contributed by atoms with van der Waals surface area (Å²) >= 11 is 2.26. The second-order valence-electron chi connectivity index (χ2n) is 4.60. The van der Waals surface area contributed by atoms with Gasteiger partial charge < -0.3 is 14.6 Å². The Kier molecular flexibility index (Phi) is 3.29. The summed E-state index contributed by atoms with van der Waals surface area (Å²) < 4.78 is 10.9. The molecule has 0 unspecified atom stereocenters. The van der Waals surface area contributed by atoms with Gasteiger partial charge in [0.1, 0.15) is 18.3 Å². The maximum atomic E-state index is 11.1. The third-order valence-electron chi connectivity index (χ3n) is 3.41. The van der Waals surface area contributed by atoms with Crippen LogP contribution in [0.3, 0.4) is 0 Å². The van der Waals surface area contributed by atoms with Crippen molar-refractivity contribution in [3.8, 4) is 0 Å². The second-order valence-corrected chi connectivity index (χ2v) is 5.94. The Bertz CT molecular complexity index is 450. The van der Waals surface area contributed by atoms with E-state index in [9.17, 15) is 9.90 Å². The highest BCUT2D eigenvalue weighted by Crippen LogP contribution is 2.40. The van der Waals surface area contributed by atoms with Crippen molar-refractivity contribution < 1.29 is 19.4 Å². The van der Waals surface area contributed by atoms with E-state index in [1.165, 1.54) is 0 Å². The van der Waals surface area contributed by atoms with Crippen molar-refractivity contribution in [3.63, 3.8) is 0 Å². The number of hydrogen-bond acceptors (Lipinski definition) is 4. The first-order valence-corrected chi connectivity index (χ1v) is 7.13. The minimum absolute atomic E-state index is 0.0445. The summed E-state index contributed by atoms with van der Waals surface area (Å²) in [6.45, 7) is 0. The molecule has 1 N–H and O–H groups in total. The quantitative estimate of drug-likeness (QED) is 0.495. The van der Waals surface area contributed by atoms with Gasteiger partial charge in [0.25, 0.3) is 0 Å². The van der Waals surface area contributed by atoms with Crippen LogP contribution in [-0.4, -0.2) is 35.5 Å². The van der Waals surface area contributed by atoms with Crippen LogP contribution in [0.4, 0.5) is 0 Å². The number of aliphatic hydroxyl groups is 1. The van der Waals surface area contributed by atoms with Crippen molar-refractivity contribution in [2.75, 3.05) is 0 Å². The van der Waals surface area contributed by atoms with Gasteiger partial charge in [0.05, 0.1) is 10.3 Å². The van der Waals surface area contributed by atoms with Crippen LogP contribution in [0.25, 0.3) is 0 Å². The standard InChI is InChI=1S/C13H13IO4/c14-10(7-4-2-1-3-5-7)13-11(16)12-8(17-13)6-9(15)18-12/h1-5,8,10-13,16H,6H2/t8-,10+,11-,12+,13-/m1/s1. The number of carbonyl (C=O) groups is 1. The molecule has 5 heteroatoms. The van der Waals surface area contributed by atoms with Gasteiger partial charge >= 0.3 is 5.97 Å². The zero-order chi connectivity index (χ0) is 12.7. The molecule has 0 aromatic heterocycles. The molecule has 0 spiro atoms. The molecule has 1 aromatic carbocycles. The van der Waals surface area contributed by atoms with E-state index in [-0.39, 0.29) is 28.5 Å². The number of hydrogen-bond donors (Lipinski definition) is 1. The van der Waals surface area contributed by atoms with Gasteiger partial charge in [-0.2, -0.15) is 0 Å². The average Bonchev–Trinajstić information content (AvgIpc) is 2.88. The first kappa shape index (κ1) is 12.4. The van der Waals surface area contributed by atoms with E-state index in [0.717, 1.165) is 5.56 Å². The number of esters is 1. The van der Waals surface area contributed by atoms with E-state index >= 15 is 0 Å². The first-order valence-electron chi connectivity index (χ1n) is 5.89. The van der Waals surface area contributed by atoms with Gasteiger partial charge in [-0.25, -0.2) is 0 Å². The third kappa shape index (κ3) is 2.04. The van der Waals surface area contributed by atoms with Crippen LogP contribution in [0.2, 0.25) is 0 Å². The first-order chi connectivity index (χ1) is 8.66. The Hall–Kier alpha value is -0.660. The molecule has 96 valence electrons. The SMILES string of the molecule is O=C1C[C@H]2O[C@H]([C@@H](I)c3ccccc3)[C@H](O)[C@H]2O1. The Morgan fingerprint density at radius 3 is 2.72 bits per heavy atom. The van der Waals surface area contributed by atoms with Gasteiger partial charge in [0, 0.05) is 0 Å². The van der Waals surface area contributed by atoms with E-state index < -0.39 is 12.2 Å². The molecule has 4 nitrogen and oxygen atoms in total. The maximum absolute atomic E-state index is 11.1. The van der Waals surface area contributed by atoms with Crippen LogP contribution < -0.4 is 0 Å². The molecule has 5 atom stereocenters. The number of alkyl halides is 1. The molecule has 2 fully saturated rings. The molecule has 2 aliphatic heterocycles. The monoisotopic (exact) mass is 360 g/mol. The Labute approximate surface area is 118 Å². The largest absolute Gasteiger partial charge is 0.457 e. The summed E-state index contributed by atoms with van der Waals surface area (Å²) in [6.07, 6.45) is -1.61. The molecule has 0 amide bonds. The van der Waals surface area contributed by atoms with Gasteiger partial charge in [0.2, 0.25) is 0 Å². The predicted molar refractivity (Wildman–Crippen MR) is 72.4 cm³/mol. The molecule has 18 heavy (non-hydrogen) atoms. The highest BCUT2D eigenvalue weighted by atomic mass is 127. The van der Waals surface area contributed by atoms with Crippen LogP contribution in [0.5, 0.6) is 0 Å². The Balaban J connectivity index is 1.77. The van der Waals surface area contributed by atoms with E-state index in [0.29, 0.717) is 0 Å². The molecular formula is C13H13IO4. The molecule has 2 heterocycles. The van der Waals surface area contributed by atoms with Crippen LogP contribution in [-0.2, 0) is 14.3 Å². The lowest BCUT2D eigenvalue weighted by Gasteiger charge is -2.22. The van der Waals surface area contributed by atoms with Gasteiger partial charge in [-0.15, -0.1) is 0 Å². The second kappa shape index (κ2) is 4.79. The number of fused-ring (bicyclic) bond motifs is 1. The summed E-state index contributed by atoms with van der Waals surface area (Å²) in [5.74, 6) is -0.285. The Morgan fingerprint density at radius 2 is 2.06 bits per heavy atom. The lowest BCUT2D eigenvalue weighted by Crippen LogP contribution is -2.34. The molecule has 1 aromatic rings. The molecule has 2 aliphatic rings. The van der Waals surface area contributed by atoms with Crippen LogP contribution in [0.15, 0.2) is 30.3 Å². The number of ether oxygens (including phenoxy) is 2. The molecule has 3 rings (SSSR count). The lowest BCUT2D eigenvalue weighted by molar-refractivity contribution is -0.145. The van der Waals surface area contributed by atoms with E-state index in [1.807, 2.05) is 30.3 Å². The minimum Gasteiger partial charge on any atom is -0.457 e. The summed E-state index contributed by atoms with van der Waals surface area (Å²) in [5.41, 5.74) is 1.11. The summed E-state index contributed by atoms with van der Waals surface area (Å²) in [5, 5.41) is 10.2. The minimum atomic E-state index is -0.747. The zero-order valence-electron chi connectivity index (χ0n) is 9.53. The number of rotatable bonds is 2. The summed E-state index contributed by atoms with van der Waals surface area (Å²) in [4.78, 5) is 11.1. The lowest BCUT2D eigenvalue weighted by atomic mass is 10.0. The van der Waals surface area contributed by atoms with Crippen molar-refractivity contribution in [2.24, 2.45) is 0 Å². The molecule has 0 aliphatic carbocycles. The number of aliphatic hydroxyl groups excluding tert-OH is 1. The fraction of sp³-hybridized carbons (Fsp3) is 0.462. The van der Waals surface area contributed by atoms with E-state index in [4.69, 9.17) is 9.47 Å². The number of benzene rings is 1. The number of halogens is 1. The fourth-order valence-corrected chi connectivity index (χ4v) is 3.52. The van der Waals surface area contributed by atoms with Crippen molar-refractivity contribution in [3.05, 3.63) is 35.9 Å². The molecule has 0 saturated carbocycles. The van der Waals surface area contributed by atoms with E-state index in [2.05, 4.69) is 22.6 Å². The highest BCUT2D eigenvalue weighted by molar-refractivity contribution is 14.1. The zero-order valence-corrected chi connectivity index (χ0v) is 11.7.